The third kappa shape index (κ3) is 1.85. The van der Waals surface area contributed by atoms with Crippen LogP contribution >= 0.6 is 23.6 Å². The highest BCUT2D eigenvalue weighted by molar-refractivity contribution is 7.73. The number of hydrogen-bond acceptors (Lipinski definition) is 4. The molecule has 1 aromatic carbocycles. The minimum absolute atomic E-state index is 0.0344. The molecule has 0 saturated heterocycles. The number of nitrogens with zero attached hydrogens (tertiary/aromatic N) is 2. The predicted molar refractivity (Wildman–Crippen MR) is 79.7 cm³/mol. The van der Waals surface area contributed by atoms with Gasteiger partial charge in [-0.05, 0) is 18.3 Å². The van der Waals surface area contributed by atoms with Crippen LogP contribution in [0.3, 0.4) is 0 Å². The van der Waals surface area contributed by atoms with Crippen molar-refractivity contribution in [1.29, 1.82) is 0 Å². The average molecular weight is 302 g/mol. The van der Waals surface area contributed by atoms with Crippen molar-refractivity contribution >= 4 is 35.0 Å². The molecule has 1 amide bonds. The Balaban J connectivity index is 2.42. The zero-order chi connectivity index (χ0) is 14.3. The maximum absolute atomic E-state index is 12.2. The van der Waals surface area contributed by atoms with Gasteiger partial charge in [-0.1, -0.05) is 35.6 Å². The molecule has 0 atom stereocenters. The van der Waals surface area contributed by atoms with Gasteiger partial charge in [0.25, 0.3) is 5.91 Å². The van der Waals surface area contributed by atoms with Gasteiger partial charge in [-0.25, -0.2) is 4.99 Å². The number of hydrogen-bond donors (Lipinski definition) is 1. The van der Waals surface area contributed by atoms with Gasteiger partial charge in [0, 0.05) is 11.8 Å². The summed E-state index contributed by atoms with van der Waals surface area (Å²) in [6.45, 7) is 4.11. The second kappa shape index (κ2) is 4.81. The van der Waals surface area contributed by atoms with E-state index in [1.807, 2.05) is 18.2 Å². The topological polar surface area (TPSA) is 54.6 Å². The second-order valence-electron chi connectivity index (χ2n) is 4.23. The van der Waals surface area contributed by atoms with Gasteiger partial charge >= 0.3 is 0 Å². The average Bonchev–Trinajstić information content (AvgIpc) is 2.87. The molecular formula is C14H10N2O2S2. The molecule has 3 rings (SSSR count). The number of thiazole rings is 1. The van der Waals surface area contributed by atoms with Crippen LogP contribution in [0.25, 0.3) is 5.57 Å². The van der Waals surface area contributed by atoms with E-state index >= 15 is 0 Å². The molecule has 20 heavy (non-hydrogen) atoms. The van der Waals surface area contributed by atoms with E-state index in [1.54, 1.807) is 16.7 Å². The van der Waals surface area contributed by atoms with Crippen molar-refractivity contribution < 1.29 is 9.90 Å². The van der Waals surface area contributed by atoms with Gasteiger partial charge in [0.2, 0.25) is 0 Å². The lowest BCUT2D eigenvalue weighted by Crippen LogP contribution is -2.23. The van der Waals surface area contributed by atoms with Gasteiger partial charge in [-0.2, -0.15) is 0 Å². The summed E-state index contributed by atoms with van der Waals surface area (Å²) in [6, 6.07) is 7.25. The zero-order valence-corrected chi connectivity index (χ0v) is 12.0. The Morgan fingerprint density at radius 2 is 2.20 bits per heavy atom. The summed E-state index contributed by atoms with van der Waals surface area (Å²) >= 11 is 6.29. The lowest BCUT2D eigenvalue weighted by atomic mass is 10.1. The van der Waals surface area contributed by atoms with Crippen LogP contribution in [-0.2, 0) is 11.3 Å². The Morgan fingerprint density at radius 1 is 1.45 bits per heavy atom. The number of benzene rings is 1. The highest BCUT2D eigenvalue weighted by Crippen LogP contribution is 2.32. The Labute approximate surface area is 123 Å². The molecule has 0 unspecified atom stereocenters. The summed E-state index contributed by atoms with van der Waals surface area (Å²) < 4.78 is 2.20. The minimum Gasteiger partial charge on any atom is -0.498 e. The van der Waals surface area contributed by atoms with Crippen LogP contribution in [0.15, 0.2) is 41.9 Å². The smallest absolute Gasteiger partial charge is 0.280 e. The van der Waals surface area contributed by atoms with E-state index in [1.165, 1.54) is 0 Å². The largest absolute Gasteiger partial charge is 0.498 e. The molecule has 1 N–H and O–H groups in total. The molecular weight excluding hydrogens is 292 g/mol. The first-order chi connectivity index (χ1) is 9.63. The maximum atomic E-state index is 12.2. The third-order valence-corrected chi connectivity index (χ3v) is 4.29. The van der Waals surface area contributed by atoms with Gasteiger partial charge in [-0.3, -0.25) is 4.79 Å². The van der Waals surface area contributed by atoms with E-state index in [2.05, 4.69) is 11.6 Å². The van der Waals surface area contributed by atoms with Crippen LogP contribution in [0.4, 0.5) is 0 Å². The molecule has 100 valence electrons. The van der Waals surface area contributed by atoms with Crippen LogP contribution in [0, 0.1) is 3.95 Å². The molecule has 6 heteroatoms. The molecule has 2 aromatic rings. The van der Waals surface area contributed by atoms with Crippen molar-refractivity contribution in [3.63, 3.8) is 0 Å². The van der Waals surface area contributed by atoms with Crippen molar-refractivity contribution in [3.8, 4) is 5.06 Å². The fourth-order valence-corrected chi connectivity index (χ4v) is 3.37. The molecule has 0 fully saturated rings. The minimum atomic E-state index is -0.355. The number of aromatic hydroxyl groups is 1. The zero-order valence-electron chi connectivity index (χ0n) is 10.4. The van der Waals surface area contributed by atoms with Crippen LogP contribution in [0.2, 0.25) is 0 Å². The van der Waals surface area contributed by atoms with E-state index in [0.29, 0.717) is 27.1 Å². The fraction of sp³-hybridized carbons (Fsp3) is 0.0714. The van der Waals surface area contributed by atoms with Crippen LogP contribution < -0.4 is 10.6 Å². The Hall–Kier alpha value is -2.05. The van der Waals surface area contributed by atoms with E-state index in [4.69, 9.17) is 12.2 Å². The molecule has 1 aliphatic heterocycles. The molecule has 0 aliphatic carbocycles. The highest BCUT2D eigenvalue weighted by atomic mass is 32.1. The third-order valence-electron chi connectivity index (χ3n) is 3.03. The normalized spacial score (nSPS) is 13.2. The number of allylic oxidation sites excluding steroid dienone is 1. The van der Waals surface area contributed by atoms with Gasteiger partial charge in [-0.15, -0.1) is 6.58 Å². The van der Waals surface area contributed by atoms with Crippen LogP contribution in [0.5, 0.6) is 5.06 Å². The molecule has 0 saturated carbocycles. The van der Waals surface area contributed by atoms with E-state index in [9.17, 15) is 9.90 Å². The summed E-state index contributed by atoms with van der Waals surface area (Å²) in [4.78, 5) is 16.2. The Bertz CT molecular complexity index is 906. The maximum Gasteiger partial charge on any atom is 0.280 e. The number of carbonyl (C=O) groups is 1. The lowest BCUT2D eigenvalue weighted by Gasteiger charge is -2.06. The van der Waals surface area contributed by atoms with Gasteiger partial charge in [0.1, 0.15) is 5.69 Å². The number of rotatable bonds is 3. The Morgan fingerprint density at radius 3 is 2.95 bits per heavy atom. The molecule has 0 radical (unpaired) electrons. The Kier molecular flexibility index (Phi) is 3.11. The van der Waals surface area contributed by atoms with E-state index in [0.717, 1.165) is 16.6 Å². The second-order valence-corrected chi connectivity index (χ2v) is 5.85. The monoisotopic (exact) mass is 302 g/mol. The number of amides is 1. The summed E-state index contributed by atoms with van der Waals surface area (Å²) in [7, 11) is 0. The molecule has 2 heterocycles. The molecule has 0 spiro atoms. The predicted octanol–water partition coefficient (Wildman–Crippen LogP) is 1.53. The highest BCUT2D eigenvalue weighted by Gasteiger charge is 2.25. The molecule has 4 nitrogen and oxygen atoms in total. The molecule has 0 bridgehead atoms. The standard InChI is InChI=1S/C14H10N2O2S2/c1-2-7-16-11(13(18)20-14(16)19)10-8-5-3-4-6-9(8)15-12(10)17/h2-6,18H,1,7H2. The summed E-state index contributed by atoms with van der Waals surface area (Å²) in [6.07, 6.45) is 1.68. The van der Waals surface area contributed by atoms with Crippen LogP contribution in [0.1, 0.15) is 5.69 Å². The number of para-hydroxylation sites is 1. The first kappa shape index (κ1) is 13.0. The first-order valence-electron chi connectivity index (χ1n) is 5.89. The fourth-order valence-electron chi connectivity index (χ4n) is 2.22. The van der Waals surface area contributed by atoms with Crippen molar-refractivity contribution in [2.24, 2.45) is 4.99 Å². The van der Waals surface area contributed by atoms with Gasteiger partial charge < -0.3 is 9.67 Å². The van der Waals surface area contributed by atoms with Crippen molar-refractivity contribution in [2.75, 3.05) is 0 Å². The molecule has 1 aromatic heterocycles. The number of aromatic nitrogens is 1. The number of fused-ring (bicyclic) bond motifs is 1. The number of carbonyl (C=O) groups excluding carboxylic acids is 1. The van der Waals surface area contributed by atoms with Gasteiger partial charge in [0.05, 0.1) is 10.9 Å². The van der Waals surface area contributed by atoms with Crippen molar-refractivity contribution in [3.05, 3.63) is 57.1 Å². The summed E-state index contributed by atoms with van der Waals surface area (Å²) in [5, 5.41) is 11.5. The molecule has 1 aliphatic rings. The van der Waals surface area contributed by atoms with Crippen molar-refractivity contribution in [1.82, 2.24) is 4.57 Å². The first-order valence-corrected chi connectivity index (χ1v) is 7.12. The lowest BCUT2D eigenvalue weighted by molar-refractivity contribution is -0.112. The summed E-state index contributed by atoms with van der Waals surface area (Å²) in [5.74, 6) is -0.355. The van der Waals surface area contributed by atoms with E-state index in [-0.39, 0.29) is 11.0 Å². The van der Waals surface area contributed by atoms with Gasteiger partial charge in [0.15, 0.2) is 9.02 Å². The quantitative estimate of drug-likeness (QED) is 0.691. The van der Waals surface area contributed by atoms with E-state index < -0.39 is 0 Å². The SMILES string of the molecule is C=CCn1c(C2=c3ccccc3=NC2=O)c(O)sc1=S. The van der Waals surface area contributed by atoms with Crippen LogP contribution in [-0.4, -0.2) is 15.6 Å². The van der Waals surface area contributed by atoms with Crippen molar-refractivity contribution in [2.45, 2.75) is 6.54 Å². The summed E-state index contributed by atoms with van der Waals surface area (Å²) in [5.41, 5.74) is 0.825.